The van der Waals surface area contributed by atoms with Crippen LogP contribution in [0, 0.1) is 12.3 Å². The van der Waals surface area contributed by atoms with Gasteiger partial charge in [0.15, 0.2) is 5.82 Å². The van der Waals surface area contributed by atoms with E-state index in [0.29, 0.717) is 18.4 Å². The molecular formula is C10H16N6. The summed E-state index contributed by atoms with van der Waals surface area (Å²) >= 11 is 0. The average molecular weight is 220 g/mol. The van der Waals surface area contributed by atoms with Crippen LogP contribution in [0.15, 0.2) is 0 Å². The quantitative estimate of drug-likeness (QED) is 0.662. The monoisotopic (exact) mass is 220 g/mol. The molecule has 0 radical (unpaired) electrons. The Kier molecular flexibility index (Phi) is 3.86. The predicted molar refractivity (Wildman–Crippen MR) is 59.3 cm³/mol. The van der Waals surface area contributed by atoms with Gasteiger partial charge in [-0.2, -0.15) is 5.21 Å². The zero-order chi connectivity index (χ0) is 11.2. The second-order valence-electron chi connectivity index (χ2n) is 3.96. The number of aromatic amines is 1. The third-order valence-electron chi connectivity index (χ3n) is 2.84. The molecule has 0 unspecified atom stereocenters. The van der Waals surface area contributed by atoms with Gasteiger partial charge >= 0.3 is 0 Å². The van der Waals surface area contributed by atoms with Gasteiger partial charge in [-0.05, 0) is 12.8 Å². The normalized spacial score (nSPS) is 18.4. The van der Waals surface area contributed by atoms with Crippen LogP contribution < -0.4 is 5.32 Å². The summed E-state index contributed by atoms with van der Waals surface area (Å²) in [6, 6.07) is 0.535. The molecule has 6 heteroatoms. The summed E-state index contributed by atoms with van der Waals surface area (Å²) < 4.78 is 0. The lowest BCUT2D eigenvalue weighted by molar-refractivity contribution is 0.217. The van der Waals surface area contributed by atoms with E-state index in [1.54, 1.807) is 0 Å². The van der Waals surface area contributed by atoms with Crippen molar-refractivity contribution >= 4 is 0 Å². The molecule has 0 aliphatic carbocycles. The Morgan fingerprint density at radius 3 is 2.94 bits per heavy atom. The van der Waals surface area contributed by atoms with Gasteiger partial charge in [-0.15, -0.1) is 16.6 Å². The molecule has 0 saturated carbocycles. The molecule has 86 valence electrons. The van der Waals surface area contributed by atoms with Gasteiger partial charge in [0.1, 0.15) is 0 Å². The van der Waals surface area contributed by atoms with Crippen LogP contribution in [0.3, 0.4) is 0 Å². The SMILES string of the molecule is C#CCN1CCC(NCc2nn[nH]n2)CC1. The maximum Gasteiger partial charge on any atom is 0.188 e. The van der Waals surface area contributed by atoms with Crippen LogP contribution in [0.5, 0.6) is 0 Å². The molecule has 2 heterocycles. The summed E-state index contributed by atoms with van der Waals surface area (Å²) in [4.78, 5) is 2.30. The van der Waals surface area contributed by atoms with E-state index >= 15 is 0 Å². The lowest BCUT2D eigenvalue weighted by Crippen LogP contribution is -2.42. The standard InChI is InChI=1S/C10H16N6/c1-2-5-16-6-3-9(4-7-16)11-8-10-12-14-15-13-10/h1,9,11H,3-8H2,(H,12,13,14,15). The van der Waals surface area contributed by atoms with E-state index in [1.165, 1.54) is 0 Å². The molecule has 1 aromatic rings. The van der Waals surface area contributed by atoms with Gasteiger partial charge in [-0.1, -0.05) is 11.1 Å². The second kappa shape index (κ2) is 5.58. The largest absolute Gasteiger partial charge is 0.307 e. The van der Waals surface area contributed by atoms with E-state index < -0.39 is 0 Å². The second-order valence-corrected chi connectivity index (χ2v) is 3.96. The number of aromatic nitrogens is 4. The fourth-order valence-corrected chi connectivity index (χ4v) is 1.92. The maximum absolute atomic E-state index is 5.28. The Balaban J connectivity index is 1.68. The van der Waals surface area contributed by atoms with Gasteiger partial charge in [0, 0.05) is 19.1 Å². The number of piperidine rings is 1. The first-order valence-electron chi connectivity index (χ1n) is 5.50. The van der Waals surface area contributed by atoms with E-state index in [1.807, 2.05) is 0 Å². The maximum atomic E-state index is 5.28. The Morgan fingerprint density at radius 2 is 2.31 bits per heavy atom. The predicted octanol–water partition coefficient (Wildman–Crippen LogP) is -0.613. The fraction of sp³-hybridized carbons (Fsp3) is 0.700. The number of tetrazole rings is 1. The van der Waals surface area contributed by atoms with Crippen LogP contribution >= 0.6 is 0 Å². The van der Waals surface area contributed by atoms with Crippen molar-refractivity contribution in [3.8, 4) is 12.3 Å². The van der Waals surface area contributed by atoms with Gasteiger partial charge in [-0.25, -0.2) is 0 Å². The minimum Gasteiger partial charge on any atom is -0.307 e. The number of likely N-dealkylation sites (tertiary alicyclic amines) is 1. The molecule has 2 N–H and O–H groups in total. The summed E-state index contributed by atoms with van der Waals surface area (Å²) in [5.74, 6) is 3.39. The molecule has 2 rings (SSSR count). The van der Waals surface area contributed by atoms with Crippen molar-refractivity contribution in [3.05, 3.63) is 5.82 Å². The van der Waals surface area contributed by atoms with Crippen molar-refractivity contribution in [1.29, 1.82) is 0 Å². The number of hydrogen-bond acceptors (Lipinski definition) is 5. The van der Waals surface area contributed by atoms with E-state index in [2.05, 4.69) is 36.8 Å². The smallest absolute Gasteiger partial charge is 0.188 e. The topological polar surface area (TPSA) is 69.7 Å². The number of nitrogens with zero attached hydrogens (tertiary/aromatic N) is 4. The summed E-state index contributed by atoms with van der Waals surface area (Å²) in [5.41, 5.74) is 0. The van der Waals surface area contributed by atoms with Gasteiger partial charge in [-0.3, -0.25) is 4.90 Å². The van der Waals surface area contributed by atoms with E-state index in [0.717, 1.165) is 32.5 Å². The highest BCUT2D eigenvalue weighted by Gasteiger charge is 2.18. The molecular weight excluding hydrogens is 204 g/mol. The molecule has 1 aliphatic heterocycles. The van der Waals surface area contributed by atoms with Crippen molar-refractivity contribution in [1.82, 2.24) is 30.8 Å². The molecule has 1 fully saturated rings. The molecule has 0 bridgehead atoms. The third-order valence-corrected chi connectivity index (χ3v) is 2.84. The Labute approximate surface area is 94.8 Å². The van der Waals surface area contributed by atoms with Crippen LogP contribution in [0.4, 0.5) is 0 Å². The number of hydrogen-bond donors (Lipinski definition) is 2. The van der Waals surface area contributed by atoms with Crippen LogP contribution in [0.25, 0.3) is 0 Å². The summed E-state index contributed by atoms with van der Waals surface area (Å²) in [6.45, 7) is 3.57. The highest BCUT2D eigenvalue weighted by Crippen LogP contribution is 2.09. The minimum absolute atomic E-state index is 0.535. The van der Waals surface area contributed by atoms with Crippen molar-refractivity contribution in [2.45, 2.75) is 25.4 Å². The molecule has 0 amide bonds. The first-order valence-corrected chi connectivity index (χ1v) is 5.50. The molecule has 16 heavy (non-hydrogen) atoms. The van der Waals surface area contributed by atoms with E-state index in [-0.39, 0.29) is 0 Å². The molecule has 0 atom stereocenters. The number of nitrogens with one attached hydrogen (secondary N) is 2. The van der Waals surface area contributed by atoms with E-state index in [4.69, 9.17) is 6.42 Å². The van der Waals surface area contributed by atoms with Gasteiger partial charge in [0.25, 0.3) is 0 Å². The third kappa shape index (κ3) is 3.02. The molecule has 6 nitrogen and oxygen atoms in total. The van der Waals surface area contributed by atoms with Crippen LogP contribution in [-0.4, -0.2) is 51.2 Å². The lowest BCUT2D eigenvalue weighted by Gasteiger charge is -2.30. The number of terminal acetylenes is 1. The van der Waals surface area contributed by atoms with Crippen molar-refractivity contribution in [3.63, 3.8) is 0 Å². The first-order chi connectivity index (χ1) is 7.88. The highest BCUT2D eigenvalue weighted by molar-refractivity contribution is 4.90. The first kappa shape index (κ1) is 11.0. The molecule has 0 aromatic carbocycles. The highest BCUT2D eigenvalue weighted by atomic mass is 15.5. The van der Waals surface area contributed by atoms with E-state index in [9.17, 15) is 0 Å². The van der Waals surface area contributed by atoms with Gasteiger partial charge in [0.2, 0.25) is 0 Å². The fourth-order valence-electron chi connectivity index (χ4n) is 1.92. The van der Waals surface area contributed by atoms with Crippen molar-refractivity contribution in [2.24, 2.45) is 0 Å². The molecule has 0 spiro atoms. The van der Waals surface area contributed by atoms with Crippen molar-refractivity contribution < 1.29 is 0 Å². The number of rotatable bonds is 4. The summed E-state index contributed by atoms with van der Waals surface area (Å²) in [5, 5.41) is 17.2. The molecule has 1 saturated heterocycles. The van der Waals surface area contributed by atoms with Crippen LogP contribution in [0.2, 0.25) is 0 Å². The summed E-state index contributed by atoms with van der Waals surface area (Å²) in [6.07, 6.45) is 7.53. The van der Waals surface area contributed by atoms with Crippen molar-refractivity contribution in [2.75, 3.05) is 19.6 Å². The zero-order valence-corrected chi connectivity index (χ0v) is 9.19. The van der Waals surface area contributed by atoms with Crippen LogP contribution in [-0.2, 0) is 6.54 Å². The minimum atomic E-state index is 0.535. The summed E-state index contributed by atoms with van der Waals surface area (Å²) in [7, 11) is 0. The number of H-pyrrole nitrogens is 1. The van der Waals surface area contributed by atoms with Crippen LogP contribution in [0.1, 0.15) is 18.7 Å². The average Bonchev–Trinajstić information content (AvgIpc) is 2.82. The van der Waals surface area contributed by atoms with Gasteiger partial charge in [0.05, 0.1) is 13.1 Å². The zero-order valence-electron chi connectivity index (χ0n) is 9.19. The Hall–Kier alpha value is -1.45. The Bertz CT molecular complexity index is 333. The molecule has 1 aliphatic rings. The van der Waals surface area contributed by atoms with Gasteiger partial charge < -0.3 is 5.32 Å². The lowest BCUT2D eigenvalue weighted by atomic mass is 10.1. The Morgan fingerprint density at radius 1 is 1.50 bits per heavy atom. The molecule has 1 aromatic heterocycles.